The SMILES string of the molecule is O=C(Cc1ccc(CS(=O)(=O)c2ccc(Br)cc2)cc1)NO. The Morgan fingerprint density at radius 1 is 1.00 bits per heavy atom. The fraction of sp³-hybridized carbons (Fsp3) is 0.133. The van der Waals surface area contributed by atoms with E-state index in [9.17, 15) is 13.2 Å². The van der Waals surface area contributed by atoms with Crippen LogP contribution in [0.4, 0.5) is 0 Å². The molecule has 0 atom stereocenters. The highest BCUT2D eigenvalue weighted by molar-refractivity contribution is 9.10. The summed E-state index contributed by atoms with van der Waals surface area (Å²) in [5.74, 6) is -0.628. The minimum atomic E-state index is -3.41. The number of benzene rings is 2. The fourth-order valence-corrected chi connectivity index (χ4v) is 3.54. The number of amides is 1. The Kier molecular flexibility index (Phi) is 5.33. The van der Waals surface area contributed by atoms with Crippen LogP contribution < -0.4 is 5.48 Å². The van der Waals surface area contributed by atoms with E-state index >= 15 is 0 Å². The van der Waals surface area contributed by atoms with Gasteiger partial charge in [-0.2, -0.15) is 0 Å². The Bertz CT molecular complexity index is 755. The Morgan fingerprint density at radius 2 is 1.55 bits per heavy atom. The van der Waals surface area contributed by atoms with Gasteiger partial charge in [0.15, 0.2) is 9.84 Å². The lowest BCUT2D eigenvalue weighted by molar-refractivity contribution is -0.128. The summed E-state index contributed by atoms with van der Waals surface area (Å²) in [6.07, 6.45) is 0.0379. The molecular formula is C15H14BrNO4S. The van der Waals surface area contributed by atoms with Crippen LogP contribution in [0.2, 0.25) is 0 Å². The molecule has 2 aromatic rings. The van der Waals surface area contributed by atoms with E-state index in [-0.39, 0.29) is 17.1 Å². The third-order valence-electron chi connectivity index (χ3n) is 3.04. The third kappa shape index (κ3) is 4.40. The molecule has 0 spiro atoms. The first-order valence-electron chi connectivity index (χ1n) is 6.40. The predicted molar refractivity (Wildman–Crippen MR) is 85.1 cm³/mol. The summed E-state index contributed by atoms with van der Waals surface area (Å²) in [5, 5.41) is 8.47. The van der Waals surface area contributed by atoms with Gasteiger partial charge in [-0.1, -0.05) is 40.2 Å². The number of hydroxylamine groups is 1. The Hall–Kier alpha value is -1.70. The molecule has 7 heteroatoms. The van der Waals surface area contributed by atoms with Crippen molar-refractivity contribution in [2.45, 2.75) is 17.1 Å². The Morgan fingerprint density at radius 3 is 2.09 bits per heavy atom. The Labute approximate surface area is 137 Å². The molecule has 5 nitrogen and oxygen atoms in total. The molecule has 0 aliphatic heterocycles. The molecule has 0 aliphatic rings. The van der Waals surface area contributed by atoms with Crippen molar-refractivity contribution in [3.8, 4) is 0 Å². The van der Waals surface area contributed by atoms with Gasteiger partial charge in [0.05, 0.1) is 17.1 Å². The first-order valence-corrected chi connectivity index (χ1v) is 8.84. The van der Waals surface area contributed by atoms with E-state index in [1.54, 1.807) is 54.0 Å². The van der Waals surface area contributed by atoms with Gasteiger partial charge in [-0.15, -0.1) is 0 Å². The van der Waals surface area contributed by atoms with E-state index < -0.39 is 15.7 Å². The maximum atomic E-state index is 12.3. The average molecular weight is 384 g/mol. The van der Waals surface area contributed by atoms with Gasteiger partial charge in [0.1, 0.15) is 0 Å². The maximum absolute atomic E-state index is 12.3. The molecule has 2 aromatic carbocycles. The van der Waals surface area contributed by atoms with Crippen LogP contribution in [-0.2, 0) is 26.8 Å². The number of hydrogen-bond donors (Lipinski definition) is 2. The highest BCUT2D eigenvalue weighted by atomic mass is 79.9. The van der Waals surface area contributed by atoms with Crippen molar-refractivity contribution in [1.82, 2.24) is 5.48 Å². The normalized spacial score (nSPS) is 11.2. The largest absolute Gasteiger partial charge is 0.289 e. The molecule has 0 bridgehead atoms. The topological polar surface area (TPSA) is 83.5 Å². The lowest BCUT2D eigenvalue weighted by atomic mass is 10.1. The number of hydrogen-bond acceptors (Lipinski definition) is 4. The van der Waals surface area contributed by atoms with Crippen LogP contribution in [-0.4, -0.2) is 19.5 Å². The zero-order valence-electron chi connectivity index (χ0n) is 11.5. The van der Waals surface area contributed by atoms with Gasteiger partial charge in [-0.05, 0) is 35.4 Å². The molecule has 1 amide bonds. The number of rotatable bonds is 5. The summed E-state index contributed by atoms with van der Waals surface area (Å²) in [5.41, 5.74) is 2.88. The van der Waals surface area contributed by atoms with Crippen LogP contribution in [0.5, 0.6) is 0 Å². The minimum Gasteiger partial charge on any atom is -0.289 e. The Balaban J connectivity index is 2.13. The highest BCUT2D eigenvalue weighted by Gasteiger charge is 2.15. The van der Waals surface area contributed by atoms with Crippen molar-refractivity contribution >= 4 is 31.7 Å². The second-order valence-corrected chi connectivity index (χ2v) is 7.65. The van der Waals surface area contributed by atoms with Gasteiger partial charge in [0.25, 0.3) is 0 Å². The molecule has 0 heterocycles. The van der Waals surface area contributed by atoms with Crippen molar-refractivity contribution in [3.63, 3.8) is 0 Å². The quantitative estimate of drug-likeness (QED) is 0.613. The monoisotopic (exact) mass is 383 g/mol. The standard InChI is InChI=1S/C15H14BrNO4S/c16-13-5-7-14(8-6-13)22(20,21)10-12-3-1-11(2-4-12)9-15(18)17-19/h1-8,19H,9-10H2,(H,17,18). The smallest absolute Gasteiger partial charge is 0.247 e. The number of nitrogens with one attached hydrogen (secondary N) is 1. The van der Waals surface area contributed by atoms with Crippen molar-refractivity contribution < 1.29 is 18.4 Å². The number of carbonyl (C=O) groups is 1. The molecule has 0 fully saturated rings. The van der Waals surface area contributed by atoms with E-state index in [0.717, 1.165) is 4.47 Å². The number of sulfone groups is 1. The molecule has 116 valence electrons. The van der Waals surface area contributed by atoms with Crippen molar-refractivity contribution in [2.24, 2.45) is 0 Å². The van der Waals surface area contributed by atoms with Crippen LogP contribution >= 0.6 is 15.9 Å². The molecule has 2 rings (SSSR count). The second kappa shape index (κ2) is 7.04. The zero-order chi connectivity index (χ0) is 16.2. The summed E-state index contributed by atoms with van der Waals surface area (Å²) in [4.78, 5) is 11.3. The van der Waals surface area contributed by atoms with Gasteiger partial charge >= 0.3 is 0 Å². The van der Waals surface area contributed by atoms with Gasteiger partial charge in [0, 0.05) is 4.47 Å². The van der Waals surface area contributed by atoms with Crippen LogP contribution in [0.1, 0.15) is 11.1 Å². The summed E-state index contributed by atoms with van der Waals surface area (Å²) >= 11 is 3.27. The van der Waals surface area contributed by atoms with Gasteiger partial charge < -0.3 is 0 Å². The molecule has 0 aromatic heterocycles. The molecule has 2 N–H and O–H groups in total. The predicted octanol–water partition coefficient (Wildman–Crippen LogP) is 2.47. The van der Waals surface area contributed by atoms with E-state index in [0.29, 0.717) is 11.1 Å². The third-order valence-corrected chi connectivity index (χ3v) is 5.27. The summed E-state index contributed by atoms with van der Waals surface area (Å²) in [6, 6.07) is 13.1. The number of halogens is 1. The molecular weight excluding hydrogens is 370 g/mol. The van der Waals surface area contributed by atoms with Crippen molar-refractivity contribution in [1.29, 1.82) is 0 Å². The average Bonchev–Trinajstić information content (AvgIpc) is 2.49. The van der Waals surface area contributed by atoms with Crippen LogP contribution in [0.3, 0.4) is 0 Å². The lowest BCUT2D eigenvalue weighted by Gasteiger charge is -2.06. The van der Waals surface area contributed by atoms with E-state index in [1.807, 2.05) is 0 Å². The van der Waals surface area contributed by atoms with Gasteiger partial charge in [-0.3, -0.25) is 10.0 Å². The van der Waals surface area contributed by atoms with E-state index in [1.165, 1.54) is 0 Å². The summed E-state index contributed by atoms with van der Waals surface area (Å²) in [7, 11) is -3.41. The second-order valence-electron chi connectivity index (χ2n) is 4.74. The van der Waals surface area contributed by atoms with Gasteiger partial charge in [0.2, 0.25) is 5.91 Å². The molecule has 0 saturated heterocycles. The summed E-state index contributed by atoms with van der Waals surface area (Å²) in [6.45, 7) is 0. The number of carbonyl (C=O) groups excluding carboxylic acids is 1. The van der Waals surface area contributed by atoms with E-state index in [2.05, 4.69) is 15.9 Å². The zero-order valence-corrected chi connectivity index (χ0v) is 13.9. The first kappa shape index (κ1) is 16.7. The van der Waals surface area contributed by atoms with Crippen molar-refractivity contribution in [2.75, 3.05) is 0 Å². The molecule has 0 aliphatic carbocycles. The molecule has 22 heavy (non-hydrogen) atoms. The fourth-order valence-electron chi connectivity index (χ4n) is 1.92. The van der Waals surface area contributed by atoms with Crippen LogP contribution in [0.15, 0.2) is 57.9 Å². The highest BCUT2D eigenvalue weighted by Crippen LogP contribution is 2.19. The first-order chi connectivity index (χ1) is 10.4. The summed E-state index contributed by atoms with van der Waals surface area (Å²) < 4.78 is 25.4. The molecule has 0 saturated carbocycles. The maximum Gasteiger partial charge on any atom is 0.247 e. The minimum absolute atomic E-state index is 0.0379. The van der Waals surface area contributed by atoms with Crippen molar-refractivity contribution in [3.05, 3.63) is 64.1 Å². The van der Waals surface area contributed by atoms with E-state index in [4.69, 9.17) is 5.21 Å². The lowest BCUT2D eigenvalue weighted by Crippen LogP contribution is -2.20. The van der Waals surface area contributed by atoms with Gasteiger partial charge in [-0.25, -0.2) is 13.9 Å². The molecule has 0 unspecified atom stereocenters. The van der Waals surface area contributed by atoms with Crippen LogP contribution in [0, 0.1) is 0 Å². The van der Waals surface area contributed by atoms with Crippen LogP contribution in [0.25, 0.3) is 0 Å². The molecule has 0 radical (unpaired) electrons.